The number of carbonyl (C=O) groups excluding carboxylic acids is 3. The normalized spacial score (nSPS) is 20.9. The van der Waals surface area contributed by atoms with Gasteiger partial charge in [0.25, 0.3) is 5.91 Å². The highest BCUT2D eigenvalue weighted by Gasteiger charge is 2.54. The molecular formula is C22H23N3O3. The van der Waals surface area contributed by atoms with Crippen LogP contribution in [0.15, 0.2) is 42.5 Å². The van der Waals surface area contributed by atoms with Crippen LogP contribution in [-0.4, -0.2) is 29.3 Å². The third kappa shape index (κ3) is 2.95. The van der Waals surface area contributed by atoms with Crippen molar-refractivity contribution in [3.8, 4) is 0 Å². The van der Waals surface area contributed by atoms with Gasteiger partial charge in [-0.05, 0) is 55.9 Å². The Bertz CT molecular complexity index is 985. The summed E-state index contributed by atoms with van der Waals surface area (Å²) in [4.78, 5) is 39.4. The van der Waals surface area contributed by atoms with E-state index in [-0.39, 0.29) is 12.5 Å². The first-order valence-electron chi connectivity index (χ1n) is 9.50. The SMILES string of the molecule is Cc1ccc(NC(=O)CN2C(=O)N[C@@]3(CCCc4ccccc43)C2=O)c(C)c1. The molecule has 1 atom stereocenters. The molecule has 1 heterocycles. The Kier molecular flexibility index (Phi) is 4.41. The second-order valence-electron chi connectivity index (χ2n) is 7.60. The third-order valence-corrected chi connectivity index (χ3v) is 5.61. The van der Waals surface area contributed by atoms with E-state index in [1.165, 1.54) is 0 Å². The average molecular weight is 377 g/mol. The molecule has 2 aliphatic rings. The lowest BCUT2D eigenvalue weighted by atomic mass is 9.76. The van der Waals surface area contributed by atoms with E-state index in [1.54, 1.807) is 0 Å². The number of benzene rings is 2. The van der Waals surface area contributed by atoms with Gasteiger partial charge in [0.15, 0.2) is 0 Å². The Morgan fingerprint density at radius 3 is 2.75 bits per heavy atom. The molecule has 1 aliphatic carbocycles. The van der Waals surface area contributed by atoms with Gasteiger partial charge in [0.2, 0.25) is 5.91 Å². The van der Waals surface area contributed by atoms with Crippen LogP contribution in [0.4, 0.5) is 10.5 Å². The maximum absolute atomic E-state index is 13.2. The molecule has 0 saturated carbocycles. The summed E-state index contributed by atoms with van der Waals surface area (Å²) >= 11 is 0. The van der Waals surface area contributed by atoms with Crippen molar-refractivity contribution in [1.82, 2.24) is 10.2 Å². The van der Waals surface area contributed by atoms with E-state index < -0.39 is 17.5 Å². The van der Waals surface area contributed by atoms with Crippen molar-refractivity contribution in [2.45, 2.75) is 38.6 Å². The van der Waals surface area contributed by atoms with Crippen molar-refractivity contribution in [2.75, 3.05) is 11.9 Å². The van der Waals surface area contributed by atoms with Gasteiger partial charge in [-0.3, -0.25) is 14.5 Å². The molecule has 1 aliphatic heterocycles. The van der Waals surface area contributed by atoms with Crippen molar-refractivity contribution in [1.29, 1.82) is 0 Å². The summed E-state index contributed by atoms with van der Waals surface area (Å²) in [7, 11) is 0. The van der Waals surface area contributed by atoms with E-state index in [0.29, 0.717) is 12.1 Å². The van der Waals surface area contributed by atoms with E-state index in [0.717, 1.165) is 40.0 Å². The molecule has 4 rings (SSSR count). The summed E-state index contributed by atoms with van der Waals surface area (Å²) in [6.07, 6.45) is 2.24. The molecule has 2 aromatic rings. The van der Waals surface area contributed by atoms with E-state index in [1.807, 2.05) is 56.3 Å². The standard InChI is InChI=1S/C22H23N3O3/c1-14-9-10-18(15(2)12-14)23-19(26)13-25-20(27)22(24-21(25)28)11-5-7-16-6-3-4-8-17(16)22/h3-4,6,8-10,12H,5,7,11,13H2,1-2H3,(H,23,26)(H,24,28)/t22-/m1/s1. The zero-order valence-corrected chi connectivity index (χ0v) is 16.0. The topological polar surface area (TPSA) is 78.5 Å². The minimum absolute atomic E-state index is 0.304. The maximum atomic E-state index is 13.2. The van der Waals surface area contributed by atoms with Crippen LogP contribution in [0, 0.1) is 13.8 Å². The number of rotatable bonds is 3. The van der Waals surface area contributed by atoms with Gasteiger partial charge in [-0.1, -0.05) is 42.0 Å². The van der Waals surface area contributed by atoms with E-state index in [4.69, 9.17) is 0 Å². The van der Waals surface area contributed by atoms with E-state index in [2.05, 4.69) is 10.6 Å². The van der Waals surface area contributed by atoms with E-state index >= 15 is 0 Å². The van der Waals surface area contributed by atoms with Crippen LogP contribution in [0.25, 0.3) is 0 Å². The predicted octanol–water partition coefficient (Wildman–Crippen LogP) is 3.03. The number of aryl methyl sites for hydroxylation is 3. The number of anilines is 1. The lowest BCUT2D eigenvalue weighted by Gasteiger charge is -2.33. The lowest BCUT2D eigenvalue weighted by molar-refractivity contribution is -0.134. The quantitative estimate of drug-likeness (QED) is 0.807. The Hall–Kier alpha value is -3.15. The Morgan fingerprint density at radius 2 is 1.96 bits per heavy atom. The molecule has 2 aromatic carbocycles. The number of fused-ring (bicyclic) bond motifs is 2. The third-order valence-electron chi connectivity index (χ3n) is 5.61. The summed E-state index contributed by atoms with van der Waals surface area (Å²) in [5, 5.41) is 5.67. The molecule has 1 fully saturated rings. The van der Waals surface area contributed by atoms with Crippen molar-refractivity contribution in [3.63, 3.8) is 0 Å². The number of urea groups is 1. The summed E-state index contributed by atoms with van der Waals surface area (Å²) in [6.45, 7) is 3.58. The Morgan fingerprint density at radius 1 is 1.18 bits per heavy atom. The van der Waals surface area contributed by atoms with Gasteiger partial charge in [0, 0.05) is 5.69 Å². The minimum Gasteiger partial charge on any atom is -0.324 e. The monoisotopic (exact) mass is 377 g/mol. The summed E-state index contributed by atoms with van der Waals surface area (Å²) in [6, 6.07) is 12.9. The summed E-state index contributed by atoms with van der Waals surface area (Å²) in [5.41, 5.74) is 3.58. The molecule has 0 bridgehead atoms. The smallest absolute Gasteiger partial charge is 0.324 e. The van der Waals surface area contributed by atoms with Gasteiger partial charge >= 0.3 is 6.03 Å². The highest BCUT2D eigenvalue weighted by Crippen LogP contribution is 2.39. The zero-order valence-electron chi connectivity index (χ0n) is 16.0. The predicted molar refractivity (Wildman–Crippen MR) is 106 cm³/mol. The Labute approximate surface area is 163 Å². The zero-order chi connectivity index (χ0) is 19.9. The molecule has 2 N–H and O–H groups in total. The second kappa shape index (κ2) is 6.78. The first kappa shape index (κ1) is 18.2. The fraction of sp³-hybridized carbons (Fsp3) is 0.318. The molecule has 144 valence electrons. The highest BCUT2D eigenvalue weighted by atomic mass is 16.2. The molecule has 0 unspecified atom stereocenters. The largest absolute Gasteiger partial charge is 0.325 e. The molecule has 28 heavy (non-hydrogen) atoms. The van der Waals surface area contributed by atoms with Crippen molar-refractivity contribution < 1.29 is 14.4 Å². The van der Waals surface area contributed by atoms with Crippen LogP contribution in [0.5, 0.6) is 0 Å². The fourth-order valence-electron chi connectivity index (χ4n) is 4.24. The molecule has 0 aromatic heterocycles. The number of nitrogens with one attached hydrogen (secondary N) is 2. The van der Waals surface area contributed by atoms with Gasteiger partial charge in [-0.15, -0.1) is 0 Å². The number of imide groups is 1. The van der Waals surface area contributed by atoms with Crippen LogP contribution >= 0.6 is 0 Å². The maximum Gasteiger partial charge on any atom is 0.325 e. The molecule has 0 radical (unpaired) electrons. The first-order chi connectivity index (χ1) is 13.4. The summed E-state index contributed by atoms with van der Waals surface area (Å²) < 4.78 is 0. The molecule has 1 saturated heterocycles. The molecular weight excluding hydrogens is 354 g/mol. The van der Waals surface area contributed by atoms with Crippen molar-refractivity contribution in [3.05, 3.63) is 64.7 Å². The van der Waals surface area contributed by atoms with Gasteiger partial charge in [-0.25, -0.2) is 4.79 Å². The van der Waals surface area contributed by atoms with Gasteiger partial charge in [0.05, 0.1) is 0 Å². The van der Waals surface area contributed by atoms with Crippen LogP contribution < -0.4 is 10.6 Å². The number of carbonyl (C=O) groups is 3. The number of hydrogen-bond acceptors (Lipinski definition) is 3. The lowest BCUT2D eigenvalue weighted by Crippen LogP contribution is -2.47. The van der Waals surface area contributed by atoms with E-state index in [9.17, 15) is 14.4 Å². The average Bonchev–Trinajstić information content (AvgIpc) is 2.89. The van der Waals surface area contributed by atoms with Gasteiger partial charge in [-0.2, -0.15) is 0 Å². The fourth-order valence-corrected chi connectivity index (χ4v) is 4.24. The molecule has 6 nitrogen and oxygen atoms in total. The van der Waals surface area contributed by atoms with Gasteiger partial charge < -0.3 is 10.6 Å². The first-order valence-corrected chi connectivity index (χ1v) is 9.50. The van der Waals surface area contributed by atoms with Crippen molar-refractivity contribution in [2.24, 2.45) is 0 Å². The van der Waals surface area contributed by atoms with Crippen LogP contribution in [-0.2, 0) is 21.5 Å². The molecule has 4 amide bonds. The summed E-state index contributed by atoms with van der Waals surface area (Å²) in [5.74, 6) is -0.739. The van der Waals surface area contributed by atoms with Crippen molar-refractivity contribution >= 4 is 23.5 Å². The van der Waals surface area contributed by atoms with Gasteiger partial charge in [0.1, 0.15) is 12.1 Å². The number of amides is 4. The van der Waals surface area contributed by atoms with Crippen LogP contribution in [0.3, 0.4) is 0 Å². The second-order valence-corrected chi connectivity index (χ2v) is 7.60. The number of nitrogens with zero attached hydrogens (tertiary/aromatic N) is 1. The molecule has 1 spiro atoms. The minimum atomic E-state index is -1.05. The molecule has 6 heteroatoms. The number of hydrogen-bond donors (Lipinski definition) is 2. The van der Waals surface area contributed by atoms with Crippen LogP contribution in [0.2, 0.25) is 0 Å². The Balaban J connectivity index is 1.55. The van der Waals surface area contributed by atoms with Crippen LogP contribution in [0.1, 0.15) is 35.1 Å². The highest BCUT2D eigenvalue weighted by molar-refractivity contribution is 6.10.